The molecule has 2 aromatic rings. The number of amides is 3. The molecule has 0 bridgehead atoms. The molecule has 2 fully saturated rings. The fourth-order valence-electron chi connectivity index (χ4n) is 4.33. The number of aromatic nitrogens is 1. The van der Waals surface area contributed by atoms with Crippen LogP contribution in [0.2, 0.25) is 0 Å². The van der Waals surface area contributed by atoms with Gasteiger partial charge in [-0.2, -0.15) is 5.16 Å². The van der Waals surface area contributed by atoms with E-state index < -0.39 is 5.56 Å². The third-order valence-corrected chi connectivity index (χ3v) is 5.50. The number of benzene rings is 1. The maximum atomic E-state index is 13.9. The molecule has 0 unspecified atom stereocenters. The lowest BCUT2D eigenvalue weighted by Gasteiger charge is -2.31. The lowest BCUT2D eigenvalue weighted by Crippen LogP contribution is -2.42. The molecule has 2 aliphatic rings. The second kappa shape index (κ2) is 6.81. The van der Waals surface area contributed by atoms with Gasteiger partial charge in [0.1, 0.15) is 5.82 Å². The maximum Gasteiger partial charge on any atom is 0.320 e. The van der Waals surface area contributed by atoms with E-state index in [2.05, 4.69) is 5.16 Å². The molecule has 0 spiro atoms. The van der Waals surface area contributed by atoms with Crippen molar-refractivity contribution in [3.63, 3.8) is 0 Å². The van der Waals surface area contributed by atoms with E-state index in [0.29, 0.717) is 25.2 Å². The number of fused-ring (bicyclic) bond motifs is 1. The van der Waals surface area contributed by atoms with Crippen LogP contribution in [-0.2, 0) is 0 Å². The third kappa shape index (κ3) is 3.06. The molecule has 2 saturated heterocycles. The standard InChI is InChI=1S/C19H21FN4O4/c1-22(2)19(27)24-9-12-8-23(18(26)15-7-16(25)21-28-15)10-14(12)17(24)11-4-3-5-13(20)6-11/h3-7,12,14,17H,8-10H2,1-2H3,(H,21,25)/t12-,14-,17-/m1/s1. The van der Waals surface area contributed by atoms with Crippen molar-refractivity contribution in [2.75, 3.05) is 33.7 Å². The topological polar surface area (TPSA) is 89.9 Å². The van der Waals surface area contributed by atoms with Gasteiger partial charge in [-0.25, -0.2) is 9.18 Å². The Morgan fingerprint density at radius 3 is 2.64 bits per heavy atom. The van der Waals surface area contributed by atoms with Crippen LogP contribution in [0.25, 0.3) is 0 Å². The minimum absolute atomic E-state index is 0.0275. The molecular weight excluding hydrogens is 367 g/mol. The number of halogens is 1. The molecule has 2 aliphatic heterocycles. The van der Waals surface area contributed by atoms with Crippen LogP contribution in [0.1, 0.15) is 22.2 Å². The van der Waals surface area contributed by atoms with Gasteiger partial charge in [0, 0.05) is 45.6 Å². The zero-order valence-corrected chi connectivity index (χ0v) is 15.6. The first-order valence-corrected chi connectivity index (χ1v) is 9.06. The molecule has 148 valence electrons. The summed E-state index contributed by atoms with van der Waals surface area (Å²) in [6.45, 7) is 1.32. The summed E-state index contributed by atoms with van der Waals surface area (Å²) >= 11 is 0. The van der Waals surface area contributed by atoms with Crippen molar-refractivity contribution < 1.29 is 18.5 Å². The van der Waals surface area contributed by atoms with Crippen molar-refractivity contribution in [3.8, 4) is 0 Å². The second-order valence-electron chi connectivity index (χ2n) is 7.54. The van der Waals surface area contributed by atoms with E-state index in [9.17, 15) is 18.8 Å². The molecular formula is C19H21FN4O4. The van der Waals surface area contributed by atoms with Gasteiger partial charge in [0.05, 0.1) is 12.1 Å². The SMILES string of the molecule is CN(C)C(=O)N1C[C@H]2CN(C(=O)c3cc(=O)[nH]o3)C[C@H]2[C@H]1c1cccc(F)c1. The van der Waals surface area contributed by atoms with Crippen molar-refractivity contribution in [1.29, 1.82) is 0 Å². The first-order chi connectivity index (χ1) is 13.3. The predicted octanol–water partition coefficient (Wildman–Crippen LogP) is 1.53. The summed E-state index contributed by atoms with van der Waals surface area (Å²) in [6, 6.07) is 6.91. The summed E-state index contributed by atoms with van der Waals surface area (Å²) in [6.07, 6.45) is 0. The van der Waals surface area contributed by atoms with Gasteiger partial charge in [-0.15, -0.1) is 0 Å². The van der Waals surface area contributed by atoms with E-state index in [4.69, 9.17) is 4.52 Å². The molecule has 4 rings (SSSR count). The summed E-state index contributed by atoms with van der Waals surface area (Å²) in [5, 5.41) is 2.12. The Morgan fingerprint density at radius 1 is 1.21 bits per heavy atom. The second-order valence-corrected chi connectivity index (χ2v) is 7.54. The molecule has 28 heavy (non-hydrogen) atoms. The summed E-state index contributed by atoms with van der Waals surface area (Å²) in [5.74, 6) is -0.727. The summed E-state index contributed by atoms with van der Waals surface area (Å²) in [7, 11) is 3.37. The van der Waals surface area contributed by atoms with Crippen LogP contribution >= 0.6 is 0 Å². The molecule has 1 aromatic carbocycles. The molecule has 1 N–H and O–H groups in total. The highest BCUT2D eigenvalue weighted by molar-refractivity contribution is 5.91. The molecule has 1 aromatic heterocycles. The number of carbonyl (C=O) groups is 2. The van der Waals surface area contributed by atoms with E-state index in [-0.39, 0.29) is 41.4 Å². The number of nitrogens with one attached hydrogen (secondary N) is 1. The summed E-state index contributed by atoms with van der Waals surface area (Å²) in [5.41, 5.74) is 0.244. The zero-order valence-electron chi connectivity index (χ0n) is 15.6. The highest BCUT2D eigenvalue weighted by Crippen LogP contribution is 2.45. The highest BCUT2D eigenvalue weighted by Gasteiger charge is 2.50. The van der Waals surface area contributed by atoms with Crippen molar-refractivity contribution in [2.24, 2.45) is 11.8 Å². The van der Waals surface area contributed by atoms with Gasteiger partial charge in [0.25, 0.3) is 11.5 Å². The Hall–Kier alpha value is -3.10. The molecule has 3 heterocycles. The van der Waals surface area contributed by atoms with E-state index in [1.165, 1.54) is 17.0 Å². The van der Waals surface area contributed by atoms with Crippen molar-refractivity contribution >= 4 is 11.9 Å². The number of aromatic amines is 1. The Morgan fingerprint density at radius 2 is 2.00 bits per heavy atom. The number of nitrogens with zero attached hydrogens (tertiary/aromatic N) is 3. The number of carbonyl (C=O) groups excluding carboxylic acids is 2. The van der Waals surface area contributed by atoms with E-state index in [1.807, 2.05) is 6.07 Å². The van der Waals surface area contributed by atoms with E-state index >= 15 is 0 Å². The molecule has 8 nitrogen and oxygen atoms in total. The lowest BCUT2D eigenvalue weighted by atomic mass is 9.89. The number of rotatable bonds is 2. The highest BCUT2D eigenvalue weighted by atomic mass is 19.1. The van der Waals surface area contributed by atoms with Gasteiger partial charge in [0.2, 0.25) is 5.76 Å². The first-order valence-electron chi connectivity index (χ1n) is 9.06. The van der Waals surface area contributed by atoms with Crippen molar-refractivity contribution in [2.45, 2.75) is 6.04 Å². The fraction of sp³-hybridized carbons (Fsp3) is 0.421. The Labute approximate surface area is 160 Å². The molecule has 3 amide bonds. The predicted molar refractivity (Wildman–Crippen MR) is 97.1 cm³/mol. The minimum atomic E-state index is -0.469. The van der Waals surface area contributed by atoms with Crippen molar-refractivity contribution in [1.82, 2.24) is 19.9 Å². The van der Waals surface area contributed by atoms with Crippen LogP contribution in [0.3, 0.4) is 0 Å². The largest absolute Gasteiger partial charge is 0.373 e. The van der Waals surface area contributed by atoms with Gasteiger partial charge >= 0.3 is 6.03 Å². The maximum absolute atomic E-state index is 13.9. The minimum Gasteiger partial charge on any atom is -0.373 e. The van der Waals surface area contributed by atoms with Gasteiger partial charge in [-0.05, 0) is 17.7 Å². The average Bonchev–Trinajstić information content (AvgIpc) is 3.34. The average molecular weight is 388 g/mol. The number of H-pyrrole nitrogens is 1. The van der Waals surface area contributed by atoms with E-state index in [1.54, 1.807) is 30.0 Å². The normalized spacial score (nSPS) is 23.8. The molecule has 0 saturated carbocycles. The van der Waals surface area contributed by atoms with Crippen LogP contribution in [-0.4, -0.2) is 65.5 Å². The number of urea groups is 1. The Kier molecular flexibility index (Phi) is 4.44. The van der Waals surface area contributed by atoms with Crippen LogP contribution in [0.4, 0.5) is 9.18 Å². The van der Waals surface area contributed by atoms with Gasteiger partial charge in [0.15, 0.2) is 0 Å². The number of hydrogen-bond donors (Lipinski definition) is 1. The number of likely N-dealkylation sites (tertiary alicyclic amines) is 2. The smallest absolute Gasteiger partial charge is 0.320 e. The summed E-state index contributed by atoms with van der Waals surface area (Å²) in [4.78, 5) is 41.5. The molecule has 0 radical (unpaired) electrons. The Balaban J connectivity index is 1.62. The first kappa shape index (κ1) is 18.3. The van der Waals surface area contributed by atoms with Gasteiger partial charge in [-0.3, -0.25) is 9.59 Å². The Bertz CT molecular complexity index is 969. The van der Waals surface area contributed by atoms with Crippen LogP contribution in [0, 0.1) is 17.7 Å². The molecule has 3 atom stereocenters. The molecule has 0 aliphatic carbocycles. The van der Waals surface area contributed by atoms with Gasteiger partial charge in [-0.1, -0.05) is 12.1 Å². The fourth-order valence-corrected chi connectivity index (χ4v) is 4.33. The number of hydrogen-bond acceptors (Lipinski definition) is 4. The van der Waals surface area contributed by atoms with E-state index in [0.717, 1.165) is 6.07 Å². The lowest BCUT2D eigenvalue weighted by molar-refractivity contribution is 0.0725. The van der Waals surface area contributed by atoms with Crippen LogP contribution in [0.5, 0.6) is 0 Å². The zero-order chi connectivity index (χ0) is 20.0. The van der Waals surface area contributed by atoms with Crippen molar-refractivity contribution in [3.05, 3.63) is 57.8 Å². The molecule has 9 heteroatoms. The van der Waals surface area contributed by atoms with Crippen LogP contribution < -0.4 is 5.56 Å². The third-order valence-electron chi connectivity index (χ3n) is 5.50. The van der Waals surface area contributed by atoms with Gasteiger partial charge < -0.3 is 19.2 Å². The quantitative estimate of drug-likeness (QED) is 0.845. The monoisotopic (exact) mass is 388 g/mol. The summed E-state index contributed by atoms with van der Waals surface area (Å²) < 4.78 is 18.8. The van der Waals surface area contributed by atoms with Crippen LogP contribution in [0.15, 0.2) is 39.6 Å².